The average Bonchev–Trinajstić information content (AvgIpc) is 2.83. The Morgan fingerprint density at radius 3 is 2.30 bits per heavy atom. The van der Waals surface area contributed by atoms with Crippen LogP contribution in [-0.2, 0) is 11.0 Å². The summed E-state index contributed by atoms with van der Waals surface area (Å²) >= 11 is 1.81. The zero-order valence-corrected chi connectivity index (χ0v) is 15.8. The Hall–Kier alpha value is -1.52. The molecule has 0 spiro atoms. The molecule has 2 nitrogen and oxygen atoms in total. The first kappa shape index (κ1) is 16.3. The van der Waals surface area contributed by atoms with Crippen LogP contribution in [0.25, 0.3) is 20.2 Å². The lowest BCUT2D eigenvalue weighted by atomic mass is 10.1. The highest BCUT2D eigenvalue weighted by molar-refractivity contribution is 7.85. The van der Waals surface area contributed by atoms with Crippen molar-refractivity contribution in [2.24, 2.45) is 4.40 Å². The minimum Gasteiger partial charge on any atom is -0.234 e. The van der Waals surface area contributed by atoms with Gasteiger partial charge in [0.1, 0.15) is 11.0 Å². The molecule has 1 aromatic heterocycles. The molecule has 0 aliphatic heterocycles. The van der Waals surface area contributed by atoms with Crippen LogP contribution in [-0.4, -0.2) is 14.7 Å². The molecule has 0 unspecified atom stereocenters. The van der Waals surface area contributed by atoms with Crippen molar-refractivity contribution in [3.05, 3.63) is 47.5 Å². The molecule has 2 aromatic carbocycles. The molecule has 0 aliphatic carbocycles. The van der Waals surface area contributed by atoms with Gasteiger partial charge in [0, 0.05) is 20.2 Å². The molecule has 0 N–H and O–H groups in total. The van der Waals surface area contributed by atoms with E-state index in [0.29, 0.717) is 0 Å². The molecule has 1 heterocycles. The predicted molar refractivity (Wildman–Crippen MR) is 104 cm³/mol. The number of thiophene rings is 1. The molecule has 3 aromatic rings. The number of hydrogen-bond donors (Lipinski definition) is 0. The van der Waals surface area contributed by atoms with Crippen LogP contribution >= 0.6 is 11.3 Å². The van der Waals surface area contributed by atoms with Crippen molar-refractivity contribution in [2.45, 2.75) is 39.4 Å². The summed E-state index contributed by atoms with van der Waals surface area (Å²) in [6, 6.07) is 13.0. The van der Waals surface area contributed by atoms with E-state index >= 15 is 0 Å². The fourth-order valence-electron chi connectivity index (χ4n) is 2.43. The minimum absolute atomic E-state index is 0.336. The summed E-state index contributed by atoms with van der Waals surface area (Å²) in [7, 11) is -1.23. The highest BCUT2D eigenvalue weighted by Crippen LogP contribution is 2.35. The summed E-state index contributed by atoms with van der Waals surface area (Å²) < 4.78 is 18.9. The van der Waals surface area contributed by atoms with Gasteiger partial charge in [0.25, 0.3) is 0 Å². The van der Waals surface area contributed by atoms with E-state index in [-0.39, 0.29) is 4.75 Å². The number of rotatable bonds is 2. The van der Waals surface area contributed by atoms with E-state index in [1.807, 2.05) is 39.0 Å². The molecular formula is C19H21NOS2. The molecule has 1 atom stereocenters. The first-order chi connectivity index (χ1) is 10.8. The molecule has 0 saturated carbocycles. The summed E-state index contributed by atoms with van der Waals surface area (Å²) in [5.41, 5.74) is 3.13. The van der Waals surface area contributed by atoms with E-state index in [1.54, 1.807) is 0 Å². The lowest BCUT2D eigenvalue weighted by molar-refractivity contribution is 0.650. The molecule has 4 heteroatoms. The summed E-state index contributed by atoms with van der Waals surface area (Å²) in [6.07, 6.45) is 0. The lowest BCUT2D eigenvalue weighted by Crippen LogP contribution is -2.20. The first-order valence-electron chi connectivity index (χ1n) is 7.66. The van der Waals surface area contributed by atoms with Gasteiger partial charge in [0.05, 0.1) is 10.5 Å². The van der Waals surface area contributed by atoms with Crippen LogP contribution in [0, 0.1) is 6.92 Å². The van der Waals surface area contributed by atoms with E-state index in [0.717, 1.165) is 11.3 Å². The van der Waals surface area contributed by atoms with Crippen LogP contribution < -0.4 is 0 Å². The smallest absolute Gasteiger partial charge is 0.145 e. The molecule has 0 radical (unpaired) electrons. The third-order valence-corrected chi connectivity index (χ3v) is 6.43. The second-order valence-corrected chi connectivity index (χ2v) is 9.84. The Balaban J connectivity index is 2.12. The lowest BCUT2D eigenvalue weighted by Gasteiger charge is -2.14. The zero-order valence-electron chi connectivity index (χ0n) is 14.1. The zero-order chi connectivity index (χ0) is 16.8. The SMILES string of the molecule is CC(=N[S@](=O)C(C)(C)C)c1ccc2sc3ccc(C)cc3c2c1. The van der Waals surface area contributed by atoms with Gasteiger partial charge in [-0.15, -0.1) is 11.3 Å². The molecule has 0 bridgehead atoms. The van der Waals surface area contributed by atoms with Crippen molar-refractivity contribution >= 4 is 48.2 Å². The van der Waals surface area contributed by atoms with Crippen LogP contribution in [0.4, 0.5) is 0 Å². The second-order valence-electron chi connectivity index (χ2n) is 6.85. The Labute approximate surface area is 143 Å². The van der Waals surface area contributed by atoms with Gasteiger partial charge in [-0.1, -0.05) is 17.7 Å². The number of benzene rings is 2. The number of aryl methyl sites for hydroxylation is 1. The Bertz CT molecular complexity index is 945. The Morgan fingerprint density at radius 1 is 1.04 bits per heavy atom. The van der Waals surface area contributed by atoms with Gasteiger partial charge in [-0.25, -0.2) is 4.21 Å². The molecular weight excluding hydrogens is 322 g/mol. The van der Waals surface area contributed by atoms with Gasteiger partial charge in [-0.05, 0) is 64.4 Å². The number of nitrogens with zero attached hydrogens (tertiary/aromatic N) is 1. The minimum atomic E-state index is -1.23. The number of hydrogen-bond acceptors (Lipinski definition) is 2. The first-order valence-corrected chi connectivity index (χ1v) is 9.58. The van der Waals surface area contributed by atoms with Crippen molar-refractivity contribution in [1.82, 2.24) is 0 Å². The summed E-state index contributed by atoms with van der Waals surface area (Å²) in [6.45, 7) is 9.88. The maximum Gasteiger partial charge on any atom is 0.145 e. The molecule has 120 valence electrons. The van der Waals surface area contributed by atoms with Gasteiger partial charge in [-0.2, -0.15) is 4.40 Å². The molecule has 3 rings (SSSR count). The van der Waals surface area contributed by atoms with Crippen molar-refractivity contribution in [2.75, 3.05) is 0 Å². The monoisotopic (exact) mass is 343 g/mol. The van der Waals surface area contributed by atoms with E-state index < -0.39 is 11.0 Å². The molecule has 0 fully saturated rings. The van der Waals surface area contributed by atoms with Gasteiger partial charge in [0.2, 0.25) is 0 Å². The normalized spacial score (nSPS) is 14.6. The number of fused-ring (bicyclic) bond motifs is 3. The van der Waals surface area contributed by atoms with Crippen LogP contribution in [0.3, 0.4) is 0 Å². The van der Waals surface area contributed by atoms with Gasteiger partial charge in [0.15, 0.2) is 0 Å². The van der Waals surface area contributed by atoms with Gasteiger partial charge < -0.3 is 0 Å². The van der Waals surface area contributed by atoms with Gasteiger partial charge >= 0.3 is 0 Å². The maximum absolute atomic E-state index is 12.2. The van der Waals surface area contributed by atoms with Crippen molar-refractivity contribution in [1.29, 1.82) is 0 Å². The molecule has 0 aliphatic rings. The quantitative estimate of drug-likeness (QED) is 0.554. The van der Waals surface area contributed by atoms with E-state index in [9.17, 15) is 4.21 Å². The van der Waals surface area contributed by atoms with E-state index in [1.165, 1.54) is 25.7 Å². The Kier molecular flexibility index (Phi) is 4.15. The van der Waals surface area contributed by atoms with Crippen LogP contribution in [0.1, 0.15) is 38.8 Å². The molecule has 23 heavy (non-hydrogen) atoms. The average molecular weight is 344 g/mol. The largest absolute Gasteiger partial charge is 0.234 e. The van der Waals surface area contributed by atoms with Crippen molar-refractivity contribution in [3.8, 4) is 0 Å². The fraction of sp³-hybridized carbons (Fsp3) is 0.316. The summed E-state index contributed by atoms with van der Waals surface area (Å²) in [5, 5.41) is 2.54. The highest BCUT2D eigenvalue weighted by Gasteiger charge is 2.19. The van der Waals surface area contributed by atoms with E-state index in [2.05, 4.69) is 47.7 Å². The Morgan fingerprint density at radius 2 is 1.65 bits per heavy atom. The third-order valence-electron chi connectivity index (χ3n) is 3.79. The molecule has 0 saturated heterocycles. The highest BCUT2D eigenvalue weighted by atomic mass is 32.2. The summed E-state index contributed by atoms with van der Waals surface area (Å²) in [4.78, 5) is 0. The topological polar surface area (TPSA) is 29.4 Å². The fourth-order valence-corrected chi connectivity index (χ4v) is 4.13. The maximum atomic E-state index is 12.2. The second kappa shape index (κ2) is 5.84. The third kappa shape index (κ3) is 3.24. The van der Waals surface area contributed by atoms with Crippen molar-refractivity contribution in [3.63, 3.8) is 0 Å². The van der Waals surface area contributed by atoms with Gasteiger partial charge in [-0.3, -0.25) is 0 Å². The summed E-state index contributed by atoms with van der Waals surface area (Å²) in [5.74, 6) is 0. The van der Waals surface area contributed by atoms with Crippen LogP contribution in [0.2, 0.25) is 0 Å². The molecule has 0 amide bonds. The van der Waals surface area contributed by atoms with E-state index in [4.69, 9.17) is 0 Å². The predicted octanol–water partition coefficient (Wildman–Crippen LogP) is 5.63. The van der Waals surface area contributed by atoms with Crippen LogP contribution in [0.15, 0.2) is 40.8 Å². The van der Waals surface area contributed by atoms with Crippen molar-refractivity contribution < 1.29 is 4.21 Å². The van der Waals surface area contributed by atoms with Crippen LogP contribution in [0.5, 0.6) is 0 Å². The standard InChI is InChI=1S/C19H21NOS2/c1-12-6-8-17-15(10-12)16-11-14(7-9-18(16)22-17)13(2)20-23(21)19(3,4)5/h6-11H,1-5H3/t23-/m1/s1.